The molecule has 12 rings (SSSR count). The lowest BCUT2D eigenvalue weighted by molar-refractivity contribution is 1.18. The topological polar surface area (TPSA) is 8.17 Å². The van der Waals surface area contributed by atoms with Crippen molar-refractivity contribution in [2.45, 2.75) is 0 Å². The normalized spacial score (nSPS) is 11.5. The molecule has 0 spiro atoms. The Morgan fingerprint density at radius 3 is 1.48 bits per heavy atom. The quantitative estimate of drug-likeness (QED) is 0.156. The first kappa shape index (κ1) is 35.7. The van der Waals surface area contributed by atoms with Gasteiger partial charge in [0.1, 0.15) is 0 Å². The van der Waals surface area contributed by atoms with E-state index in [1.165, 1.54) is 81.9 Å². The molecule has 0 aliphatic rings. The summed E-state index contributed by atoms with van der Waals surface area (Å²) in [5.74, 6) is 0. The maximum Gasteiger partial charge on any atom is 0.0541 e. The Morgan fingerprint density at radius 1 is 0.274 bits per heavy atom. The van der Waals surface area contributed by atoms with Gasteiger partial charge in [-0.15, -0.1) is 0 Å². The minimum absolute atomic E-state index is 1.08. The average molecular weight is 789 g/mol. The van der Waals surface area contributed by atoms with Crippen molar-refractivity contribution >= 4 is 71.2 Å². The van der Waals surface area contributed by atoms with Gasteiger partial charge in [0.2, 0.25) is 0 Å². The minimum Gasteiger partial charge on any atom is -0.310 e. The van der Waals surface area contributed by atoms with E-state index in [1.54, 1.807) is 0 Å². The summed E-state index contributed by atoms with van der Waals surface area (Å²) in [5.41, 5.74) is 14.1. The van der Waals surface area contributed by atoms with Gasteiger partial charge in [-0.3, -0.25) is 0 Å². The molecule has 62 heavy (non-hydrogen) atoms. The van der Waals surface area contributed by atoms with Crippen LogP contribution in [0.2, 0.25) is 0 Å². The first-order valence-electron chi connectivity index (χ1n) is 21.3. The summed E-state index contributed by atoms with van der Waals surface area (Å²) >= 11 is 0. The summed E-state index contributed by atoms with van der Waals surface area (Å²) in [6.07, 6.45) is 0. The van der Waals surface area contributed by atoms with Crippen LogP contribution < -0.4 is 4.90 Å². The number of fused-ring (bicyclic) bond motifs is 6. The van der Waals surface area contributed by atoms with Crippen LogP contribution in [0.15, 0.2) is 243 Å². The van der Waals surface area contributed by atoms with E-state index in [4.69, 9.17) is 0 Å². The van der Waals surface area contributed by atoms with Crippen LogP contribution in [0.5, 0.6) is 0 Å². The highest BCUT2D eigenvalue weighted by Gasteiger charge is 2.20. The van der Waals surface area contributed by atoms with Crippen LogP contribution in [0, 0.1) is 0 Å². The number of nitrogens with zero attached hydrogens (tertiary/aromatic N) is 2. The molecule has 0 saturated heterocycles. The molecular weight excluding hydrogens is 749 g/mol. The highest BCUT2D eigenvalue weighted by molar-refractivity contribution is 6.11. The van der Waals surface area contributed by atoms with Crippen molar-refractivity contribution in [3.05, 3.63) is 243 Å². The van der Waals surface area contributed by atoms with Crippen molar-refractivity contribution in [1.29, 1.82) is 0 Å². The lowest BCUT2D eigenvalue weighted by Crippen LogP contribution is -2.11. The standard InChI is InChI=1S/C60H40N2/c1-3-22-47-41(16-1)18-14-29-49(47)44-20-13-21-46(40-44)61(60-39-38-53(52-25-5-6-26-54(52)60)51-30-15-19-42-17-2-4-23-48(42)51)45-36-34-43(35-37-45)50-24-7-10-31-57(50)62-58-32-11-8-27-55(58)56-28-9-12-33-59(56)62/h1-40H. The number of aromatic nitrogens is 1. The van der Waals surface area contributed by atoms with E-state index in [2.05, 4.69) is 252 Å². The number of hydrogen-bond donors (Lipinski definition) is 0. The highest BCUT2D eigenvalue weighted by Crippen LogP contribution is 2.45. The molecule has 0 N–H and O–H groups in total. The van der Waals surface area contributed by atoms with Crippen LogP contribution in [0.3, 0.4) is 0 Å². The lowest BCUT2D eigenvalue weighted by atomic mass is 9.92. The van der Waals surface area contributed by atoms with E-state index in [0.717, 1.165) is 28.3 Å². The molecule has 1 aromatic heterocycles. The van der Waals surface area contributed by atoms with Crippen molar-refractivity contribution in [3.8, 4) is 39.1 Å². The van der Waals surface area contributed by atoms with Crippen molar-refractivity contribution in [3.63, 3.8) is 0 Å². The van der Waals surface area contributed by atoms with Gasteiger partial charge in [0.05, 0.1) is 22.4 Å². The fourth-order valence-corrected chi connectivity index (χ4v) is 9.78. The zero-order valence-electron chi connectivity index (χ0n) is 34.0. The van der Waals surface area contributed by atoms with Crippen molar-refractivity contribution in [2.24, 2.45) is 0 Å². The molecule has 290 valence electrons. The van der Waals surface area contributed by atoms with Crippen LogP contribution in [-0.4, -0.2) is 4.57 Å². The number of hydrogen-bond acceptors (Lipinski definition) is 1. The summed E-state index contributed by atoms with van der Waals surface area (Å²) in [7, 11) is 0. The fraction of sp³-hybridized carbons (Fsp3) is 0. The second-order valence-electron chi connectivity index (χ2n) is 16.1. The molecule has 0 aliphatic carbocycles. The Morgan fingerprint density at radius 2 is 0.774 bits per heavy atom. The Bertz CT molecular complexity index is 3590. The molecule has 11 aromatic carbocycles. The zero-order chi connectivity index (χ0) is 41.0. The summed E-state index contributed by atoms with van der Waals surface area (Å²) in [6.45, 7) is 0. The van der Waals surface area contributed by atoms with Crippen molar-refractivity contribution < 1.29 is 0 Å². The minimum atomic E-state index is 1.08. The fourth-order valence-electron chi connectivity index (χ4n) is 9.78. The Balaban J connectivity index is 1.04. The molecule has 0 aliphatic heterocycles. The first-order chi connectivity index (χ1) is 30.8. The zero-order valence-corrected chi connectivity index (χ0v) is 34.0. The van der Waals surface area contributed by atoms with Crippen LogP contribution >= 0.6 is 0 Å². The molecule has 0 saturated carbocycles. The Kier molecular flexibility index (Phi) is 8.53. The molecule has 0 bridgehead atoms. The molecular formula is C60H40N2. The molecule has 0 fully saturated rings. The molecule has 0 unspecified atom stereocenters. The molecule has 0 amide bonds. The summed E-state index contributed by atoms with van der Waals surface area (Å²) in [4.78, 5) is 2.44. The first-order valence-corrected chi connectivity index (χ1v) is 21.3. The predicted molar refractivity (Wildman–Crippen MR) is 264 cm³/mol. The van der Waals surface area contributed by atoms with E-state index in [-0.39, 0.29) is 0 Å². The van der Waals surface area contributed by atoms with E-state index in [1.807, 2.05) is 0 Å². The third-order valence-corrected chi connectivity index (χ3v) is 12.6. The predicted octanol–water partition coefficient (Wildman–Crippen LogP) is 16.7. The highest BCUT2D eigenvalue weighted by atomic mass is 15.1. The van der Waals surface area contributed by atoms with E-state index >= 15 is 0 Å². The number of para-hydroxylation sites is 3. The van der Waals surface area contributed by atoms with Gasteiger partial charge >= 0.3 is 0 Å². The van der Waals surface area contributed by atoms with Crippen LogP contribution in [0.1, 0.15) is 0 Å². The summed E-state index contributed by atoms with van der Waals surface area (Å²) in [5, 5.41) is 9.90. The Labute approximate surface area is 360 Å². The maximum absolute atomic E-state index is 2.44. The third kappa shape index (κ3) is 5.88. The lowest BCUT2D eigenvalue weighted by Gasteiger charge is -2.28. The molecule has 0 radical (unpaired) electrons. The van der Waals surface area contributed by atoms with Gasteiger partial charge in [0.15, 0.2) is 0 Å². The van der Waals surface area contributed by atoms with Crippen molar-refractivity contribution in [1.82, 2.24) is 4.57 Å². The molecule has 12 aromatic rings. The summed E-state index contributed by atoms with van der Waals surface area (Å²) in [6, 6.07) is 88.5. The van der Waals surface area contributed by atoms with Crippen molar-refractivity contribution in [2.75, 3.05) is 4.90 Å². The largest absolute Gasteiger partial charge is 0.310 e. The van der Waals surface area contributed by atoms with Crippen LogP contribution in [0.4, 0.5) is 17.1 Å². The number of benzene rings is 11. The summed E-state index contributed by atoms with van der Waals surface area (Å²) < 4.78 is 2.42. The van der Waals surface area contributed by atoms with Gasteiger partial charge in [-0.2, -0.15) is 0 Å². The van der Waals surface area contributed by atoms with Crippen LogP contribution in [0.25, 0.3) is 93.2 Å². The van der Waals surface area contributed by atoms with Gasteiger partial charge in [0, 0.05) is 33.1 Å². The van der Waals surface area contributed by atoms with Gasteiger partial charge < -0.3 is 9.47 Å². The maximum atomic E-state index is 2.44. The third-order valence-electron chi connectivity index (χ3n) is 12.6. The van der Waals surface area contributed by atoms with Crippen LogP contribution in [-0.2, 0) is 0 Å². The Hall–Kier alpha value is -8.20. The van der Waals surface area contributed by atoms with E-state index in [9.17, 15) is 0 Å². The van der Waals surface area contributed by atoms with Gasteiger partial charge in [-0.1, -0.05) is 194 Å². The number of rotatable bonds is 7. The molecule has 1 heterocycles. The van der Waals surface area contributed by atoms with Gasteiger partial charge in [-0.05, 0) is 103 Å². The second-order valence-corrected chi connectivity index (χ2v) is 16.1. The SMILES string of the molecule is c1cc(-c2cccc3ccccc23)cc(N(c2ccc(-c3ccccc3-n3c4ccccc4c4ccccc43)cc2)c2ccc(-c3cccc4ccccc34)c3ccccc23)c1. The smallest absolute Gasteiger partial charge is 0.0541 e. The molecule has 2 nitrogen and oxygen atoms in total. The molecule has 0 atom stereocenters. The molecule has 2 heteroatoms. The van der Waals surface area contributed by atoms with Gasteiger partial charge in [-0.25, -0.2) is 0 Å². The van der Waals surface area contributed by atoms with E-state index in [0.29, 0.717) is 0 Å². The van der Waals surface area contributed by atoms with E-state index < -0.39 is 0 Å². The number of anilines is 3. The second kappa shape index (κ2) is 14.8. The average Bonchev–Trinajstić information content (AvgIpc) is 3.68. The monoisotopic (exact) mass is 788 g/mol. The van der Waals surface area contributed by atoms with Gasteiger partial charge in [0.25, 0.3) is 0 Å².